The van der Waals surface area contributed by atoms with E-state index in [1.54, 1.807) is 30.3 Å². The number of halogens is 1. The van der Waals surface area contributed by atoms with E-state index >= 15 is 4.39 Å². The lowest BCUT2D eigenvalue weighted by Gasteiger charge is -2.22. The van der Waals surface area contributed by atoms with Crippen molar-refractivity contribution >= 4 is 40.2 Å². The van der Waals surface area contributed by atoms with E-state index in [-0.39, 0.29) is 28.4 Å². The van der Waals surface area contributed by atoms with Crippen LogP contribution in [0.4, 0.5) is 20.6 Å². The molecule has 204 valence electrons. The number of anilines is 2. The molecule has 0 spiro atoms. The molecule has 3 aromatic carbocycles. The summed E-state index contributed by atoms with van der Waals surface area (Å²) in [5.74, 6) is 0.285. The molecular weight excluding hydrogens is 531 g/mol. The van der Waals surface area contributed by atoms with Crippen LogP contribution in [0, 0.1) is 12.7 Å². The average Bonchev–Trinajstić information content (AvgIpc) is 3.57. The lowest BCUT2D eigenvalue weighted by molar-refractivity contribution is -0.115. The van der Waals surface area contributed by atoms with Crippen molar-refractivity contribution in [3.8, 4) is 22.8 Å². The van der Waals surface area contributed by atoms with Crippen molar-refractivity contribution in [2.75, 3.05) is 23.1 Å². The summed E-state index contributed by atoms with van der Waals surface area (Å²) < 4.78 is 22.0. The zero-order valence-electron chi connectivity index (χ0n) is 22.4. The molecule has 1 aliphatic rings. The molecule has 0 saturated carbocycles. The van der Waals surface area contributed by atoms with Crippen molar-refractivity contribution in [3.05, 3.63) is 83.9 Å². The molecule has 5 rings (SSSR count). The fourth-order valence-corrected chi connectivity index (χ4v) is 5.08. The summed E-state index contributed by atoms with van der Waals surface area (Å²) in [5, 5.41) is 7.12. The Kier molecular flexibility index (Phi) is 7.65. The molecule has 0 atom stereocenters. The van der Waals surface area contributed by atoms with E-state index in [0.29, 0.717) is 22.8 Å². The summed E-state index contributed by atoms with van der Waals surface area (Å²) in [4.78, 5) is 35.4. The van der Waals surface area contributed by atoms with E-state index in [4.69, 9.17) is 4.74 Å². The van der Waals surface area contributed by atoms with Gasteiger partial charge in [0.25, 0.3) is 0 Å². The van der Waals surface area contributed by atoms with Crippen LogP contribution in [0.25, 0.3) is 17.1 Å². The van der Waals surface area contributed by atoms with Crippen LogP contribution in [0.2, 0.25) is 0 Å². The van der Waals surface area contributed by atoms with Gasteiger partial charge in [-0.2, -0.15) is 4.99 Å². The number of aryl methyl sites for hydroxylation is 1. The molecule has 9 nitrogen and oxygen atoms in total. The van der Waals surface area contributed by atoms with Gasteiger partial charge < -0.3 is 10.1 Å². The maximum Gasteiger partial charge on any atom is 0.347 e. The topological polar surface area (TPSA) is 102 Å². The minimum Gasteiger partial charge on any atom is -0.497 e. The summed E-state index contributed by atoms with van der Waals surface area (Å²) in [6.07, 6.45) is 1.56. The van der Waals surface area contributed by atoms with Crippen LogP contribution in [0.1, 0.15) is 30.9 Å². The van der Waals surface area contributed by atoms with Crippen LogP contribution in [0.3, 0.4) is 0 Å². The Bertz CT molecular complexity index is 1620. The summed E-state index contributed by atoms with van der Waals surface area (Å²) in [6, 6.07) is 16.7. The van der Waals surface area contributed by atoms with Crippen LogP contribution >= 0.6 is 11.8 Å². The number of ether oxygens (including phenoxy) is 1. The molecule has 1 aliphatic heterocycles. The van der Waals surface area contributed by atoms with Gasteiger partial charge in [0.05, 0.1) is 29.9 Å². The Hall–Kier alpha value is -4.51. The number of amides is 3. The summed E-state index contributed by atoms with van der Waals surface area (Å²) >= 11 is 1.14. The molecule has 1 N–H and O–H groups in total. The Balaban J connectivity index is 1.35. The molecule has 0 unspecified atom stereocenters. The van der Waals surface area contributed by atoms with Gasteiger partial charge in [0, 0.05) is 11.6 Å². The number of rotatable bonds is 6. The average molecular weight is 559 g/mol. The van der Waals surface area contributed by atoms with Crippen LogP contribution in [0.15, 0.2) is 72.0 Å². The highest BCUT2D eigenvalue weighted by molar-refractivity contribution is 8.15. The number of methoxy groups -OCH3 is 1. The van der Waals surface area contributed by atoms with Gasteiger partial charge in [0.1, 0.15) is 17.9 Å². The smallest absolute Gasteiger partial charge is 0.347 e. The summed E-state index contributed by atoms with van der Waals surface area (Å²) in [5.41, 5.74) is 3.87. The highest BCUT2D eigenvalue weighted by atomic mass is 32.2. The maximum absolute atomic E-state index is 15.0. The van der Waals surface area contributed by atoms with Crippen molar-refractivity contribution in [2.24, 2.45) is 4.99 Å². The third kappa shape index (κ3) is 5.59. The highest BCUT2D eigenvalue weighted by Gasteiger charge is 2.33. The quantitative estimate of drug-likeness (QED) is 0.303. The Morgan fingerprint density at radius 3 is 2.60 bits per heavy atom. The molecule has 1 aromatic heterocycles. The van der Waals surface area contributed by atoms with Gasteiger partial charge in [-0.1, -0.05) is 49.4 Å². The van der Waals surface area contributed by atoms with Crippen molar-refractivity contribution in [1.82, 2.24) is 14.8 Å². The van der Waals surface area contributed by atoms with Gasteiger partial charge in [0.15, 0.2) is 11.0 Å². The van der Waals surface area contributed by atoms with Gasteiger partial charge in [-0.3, -0.25) is 9.69 Å². The summed E-state index contributed by atoms with van der Waals surface area (Å²) in [7, 11) is 1.54. The van der Waals surface area contributed by atoms with Gasteiger partial charge in [-0.15, -0.1) is 5.10 Å². The summed E-state index contributed by atoms with van der Waals surface area (Å²) in [6.45, 7) is 6.02. The standard InChI is InChI=1S/C29H27FN6O3S/c1-17(2)22-11-10-21(39-4)14-25(22)36-26(37)15-40-29(36)33-28(38)32-24-12-7-19(13-23(24)30)27-31-16-35(34-27)20-8-5-18(3)6-9-20/h5-14,16-17H,15H2,1-4H3,(H,32,38). The lowest BCUT2D eigenvalue weighted by atomic mass is 10.00. The van der Waals surface area contributed by atoms with Gasteiger partial charge in [0.2, 0.25) is 5.91 Å². The number of amidine groups is 1. The number of nitrogens with one attached hydrogen (secondary N) is 1. The first-order valence-corrected chi connectivity index (χ1v) is 13.5. The van der Waals surface area contributed by atoms with Gasteiger partial charge >= 0.3 is 6.03 Å². The number of thioether (sulfide) groups is 1. The van der Waals surface area contributed by atoms with E-state index < -0.39 is 11.8 Å². The maximum atomic E-state index is 15.0. The third-order valence-corrected chi connectivity index (χ3v) is 7.25. The molecule has 11 heteroatoms. The normalized spacial score (nSPS) is 14.3. The molecule has 2 heterocycles. The van der Waals surface area contributed by atoms with Crippen molar-refractivity contribution in [1.29, 1.82) is 0 Å². The van der Waals surface area contributed by atoms with Crippen LogP contribution in [0.5, 0.6) is 5.75 Å². The first kappa shape index (κ1) is 27.1. The number of urea groups is 1. The number of aromatic nitrogens is 3. The van der Waals surface area contributed by atoms with E-state index in [1.807, 2.05) is 57.2 Å². The van der Waals surface area contributed by atoms with Gasteiger partial charge in [-0.25, -0.2) is 18.9 Å². The second kappa shape index (κ2) is 11.3. The Morgan fingerprint density at radius 2 is 1.90 bits per heavy atom. The third-order valence-electron chi connectivity index (χ3n) is 6.32. The molecular formula is C29H27FN6O3S. The molecule has 1 fully saturated rings. The SMILES string of the molecule is COc1ccc(C(C)C)c(N2C(=O)CSC2=NC(=O)Nc2ccc(-c3ncn(-c4ccc(C)cc4)n3)cc2F)c1. The molecule has 1 saturated heterocycles. The number of hydrogen-bond acceptors (Lipinski definition) is 6. The van der Waals surface area contributed by atoms with E-state index in [9.17, 15) is 9.59 Å². The fraction of sp³-hybridized carbons (Fsp3) is 0.207. The largest absolute Gasteiger partial charge is 0.497 e. The lowest BCUT2D eigenvalue weighted by Crippen LogP contribution is -2.31. The van der Waals surface area contributed by atoms with Crippen molar-refractivity contribution in [3.63, 3.8) is 0 Å². The zero-order valence-corrected chi connectivity index (χ0v) is 23.2. The first-order chi connectivity index (χ1) is 19.2. The van der Waals surface area contributed by atoms with E-state index in [2.05, 4.69) is 20.4 Å². The number of aliphatic imine (C=N–C) groups is 1. The van der Waals surface area contributed by atoms with Crippen LogP contribution in [-0.4, -0.2) is 44.7 Å². The number of carbonyl (C=O) groups is 2. The molecule has 40 heavy (non-hydrogen) atoms. The van der Waals surface area contributed by atoms with Crippen molar-refractivity contribution < 1.29 is 18.7 Å². The number of carbonyl (C=O) groups excluding carboxylic acids is 2. The molecule has 4 aromatic rings. The van der Waals surface area contributed by atoms with E-state index in [1.165, 1.54) is 17.0 Å². The molecule has 0 radical (unpaired) electrons. The predicted molar refractivity (Wildman–Crippen MR) is 155 cm³/mol. The number of hydrogen-bond donors (Lipinski definition) is 1. The fourth-order valence-electron chi connectivity index (χ4n) is 4.22. The van der Waals surface area contributed by atoms with Crippen LogP contribution in [-0.2, 0) is 4.79 Å². The monoisotopic (exact) mass is 558 g/mol. The zero-order chi connectivity index (χ0) is 28.4. The second-order valence-corrected chi connectivity index (χ2v) is 10.4. The number of nitrogens with zero attached hydrogens (tertiary/aromatic N) is 5. The van der Waals surface area contributed by atoms with E-state index in [0.717, 1.165) is 28.6 Å². The Labute approximate surface area is 235 Å². The van der Waals surface area contributed by atoms with Crippen molar-refractivity contribution in [2.45, 2.75) is 26.7 Å². The molecule has 0 bridgehead atoms. The first-order valence-electron chi connectivity index (χ1n) is 12.6. The highest BCUT2D eigenvalue weighted by Crippen LogP contribution is 2.36. The molecule has 0 aliphatic carbocycles. The number of benzene rings is 3. The minimum atomic E-state index is -0.801. The van der Waals surface area contributed by atoms with Gasteiger partial charge in [-0.05, 0) is 54.8 Å². The Morgan fingerprint density at radius 1 is 1.12 bits per heavy atom. The second-order valence-electron chi connectivity index (χ2n) is 9.46. The minimum absolute atomic E-state index is 0.0545. The molecule has 3 amide bonds. The predicted octanol–water partition coefficient (Wildman–Crippen LogP) is 6.18. The van der Waals surface area contributed by atoms with Crippen LogP contribution < -0.4 is 15.0 Å².